The zero-order chi connectivity index (χ0) is 11.7. The van der Waals surface area contributed by atoms with Gasteiger partial charge in [-0.25, -0.2) is 4.39 Å². The highest BCUT2D eigenvalue weighted by Gasteiger charge is 2.10. The Hall–Kier alpha value is -2.04. The summed E-state index contributed by atoms with van der Waals surface area (Å²) in [6, 6.07) is 4.69. The van der Waals surface area contributed by atoms with Gasteiger partial charge >= 0.3 is 0 Å². The van der Waals surface area contributed by atoms with Crippen molar-refractivity contribution in [1.82, 2.24) is 9.78 Å². The molecule has 4 nitrogen and oxygen atoms in total. The molecule has 84 valence electrons. The summed E-state index contributed by atoms with van der Waals surface area (Å²) < 4.78 is 19.9. The second-order valence-corrected chi connectivity index (χ2v) is 3.45. The molecule has 0 bridgehead atoms. The third-order valence-electron chi connectivity index (χ3n) is 2.32. The van der Waals surface area contributed by atoms with Crippen LogP contribution in [0.1, 0.15) is 0 Å². The smallest absolute Gasteiger partial charge is 0.165 e. The fraction of sp³-hybridized carbons (Fsp3) is 0.182. The van der Waals surface area contributed by atoms with Crippen molar-refractivity contribution < 1.29 is 9.13 Å². The van der Waals surface area contributed by atoms with Crippen LogP contribution in [-0.4, -0.2) is 16.9 Å². The standard InChI is InChI=1S/C11H12FN3O/c1-15-6-8(11(13)14-15)7-3-4-10(16-2)9(12)5-7/h3-6H,1-2H3,(H2,13,14). The van der Waals surface area contributed by atoms with Crippen LogP contribution in [0, 0.1) is 5.82 Å². The lowest BCUT2D eigenvalue weighted by Gasteiger charge is -2.03. The summed E-state index contributed by atoms with van der Waals surface area (Å²) in [4.78, 5) is 0. The Labute approximate surface area is 92.4 Å². The van der Waals surface area contributed by atoms with Crippen molar-refractivity contribution >= 4 is 5.82 Å². The van der Waals surface area contributed by atoms with Gasteiger partial charge in [0.25, 0.3) is 0 Å². The molecule has 0 amide bonds. The average Bonchev–Trinajstić information content (AvgIpc) is 2.58. The van der Waals surface area contributed by atoms with E-state index >= 15 is 0 Å². The number of ether oxygens (including phenoxy) is 1. The molecule has 16 heavy (non-hydrogen) atoms. The maximum Gasteiger partial charge on any atom is 0.165 e. The minimum absolute atomic E-state index is 0.214. The summed E-state index contributed by atoms with van der Waals surface area (Å²) in [6.45, 7) is 0. The molecule has 1 aromatic heterocycles. The first-order chi connectivity index (χ1) is 7.61. The normalized spacial score (nSPS) is 10.4. The molecule has 0 saturated heterocycles. The number of aromatic nitrogens is 2. The van der Waals surface area contributed by atoms with Gasteiger partial charge < -0.3 is 10.5 Å². The number of hydrogen-bond acceptors (Lipinski definition) is 3. The van der Waals surface area contributed by atoms with Crippen molar-refractivity contribution in [2.24, 2.45) is 7.05 Å². The first-order valence-corrected chi connectivity index (χ1v) is 4.75. The van der Waals surface area contributed by atoms with Crippen molar-refractivity contribution in [1.29, 1.82) is 0 Å². The van der Waals surface area contributed by atoms with Gasteiger partial charge in [-0.1, -0.05) is 6.07 Å². The van der Waals surface area contributed by atoms with Crippen LogP contribution in [0.15, 0.2) is 24.4 Å². The Bertz CT molecular complexity index is 522. The second-order valence-electron chi connectivity index (χ2n) is 3.45. The number of rotatable bonds is 2. The SMILES string of the molecule is COc1ccc(-c2cn(C)nc2N)cc1F. The number of benzene rings is 1. The van der Waals surface area contributed by atoms with E-state index in [1.54, 1.807) is 30.1 Å². The largest absolute Gasteiger partial charge is 0.494 e. The van der Waals surface area contributed by atoms with Gasteiger partial charge in [-0.2, -0.15) is 5.10 Å². The van der Waals surface area contributed by atoms with E-state index in [-0.39, 0.29) is 5.75 Å². The summed E-state index contributed by atoms with van der Waals surface area (Å²) in [5.41, 5.74) is 7.10. The van der Waals surface area contributed by atoms with Gasteiger partial charge in [0, 0.05) is 18.8 Å². The number of nitrogens with zero attached hydrogens (tertiary/aromatic N) is 2. The number of aryl methyl sites for hydroxylation is 1. The van der Waals surface area contributed by atoms with E-state index in [0.29, 0.717) is 16.9 Å². The van der Waals surface area contributed by atoms with Gasteiger partial charge in [0.15, 0.2) is 17.4 Å². The molecule has 0 fully saturated rings. The van der Waals surface area contributed by atoms with Crippen molar-refractivity contribution in [3.63, 3.8) is 0 Å². The van der Waals surface area contributed by atoms with Crippen molar-refractivity contribution in [2.75, 3.05) is 12.8 Å². The van der Waals surface area contributed by atoms with Crippen LogP contribution in [0.25, 0.3) is 11.1 Å². The van der Waals surface area contributed by atoms with Crippen molar-refractivity contribution in [2.45, 2.75) is 0 Å². The summed E-state index contributed by atoms with van der Waals surface area (Å²) in [5.74, 6) is 0.182. The van der Waals surface area contributed by atoms with E-state index in [0.717, 1.165) is 0 Å². The zero-order valence-electron chi connectivity index (χ0n) is 9.07. The Kier molecular flexibility index (Phi) is 2.52. The van der Waals surface area contributed by atoms with E-state index in [9.17, 15) is 4.39 Å². The van der Waals surface area contributed by atoms with Crippen LogP contribution in [0.2, 0.25) is 0 Å². The second kappa shape index (κ2) is 3.84. The fourth-order valence-electron chi connectivity index (χ4n) is 1.56. The molecule has 2 N–H and O–H groups in total. The Balaban J connectivity index is 2.49. The number of methoxy groups -OCH3 is 1. The van der Waals surface area contributed by atoms with Gasteiger partial charge in [0.1, 0.15) is 0 Å². The van der Waals surface area contributed by atoms with Crippen LogP contribution in [-0.2, 0) is 7.05 Å². The molecule has 0 aliphatic heterocycles. The van der Waals surface area contributed by atoms with Crippen molar-refractivity contribution in [3.05, 3.63) is 30.2 Å². The van der Waals surface area contributed by atoms with Crippen molar-refractivity contribution in [3.8, 4) is 16.9 Å². The Morgan fingerprint density at radius 3 is 2.69 bits per heavy atom. The fourth-order valence-corrected chi connectivity index (χ4v) is 1.56. The molecule has 2 rings (SSSR count). The number of nitrogens with two attached hydrogens (primary N) is 1. The molecule has 2 aromatic rings. The molecule has 0 aliphatic rings. The van der Waals surface area contributed by atoms with Gasteiger partial charge in [0.2, 0.25) is 0 Å². The summed E-state index contributed by atoms with van der Waals surface area (Å²) in [6.07, 6.45) is 1.75. The van der Waals surface area contributed by atoms with Crippen LogP contribution in [0.5, 0.6) is 5.75 Å². The maximum atomic E-state index is 13.5. The molecule has 0 unspecified atom stereocenters. The average molecular weight is 221 g/mol. The third-order valence-corrected chi connectivity index (χ3v) is 2.32. The third kappa shape index (κ3) is 1.71. The molecular weight excluding hydrogens is 209 g/mol. The summed E-state index contributed by atoms with van der Waals surface area (Å²) in [7, 11) is 3.19. The van der Waals surface area contributed by atoms with Crippen LogP contribution < -0.4 is 10.5 Å². The number of halogens is 1. The predicted octanol–water partition coefficient (Wildman–Crippen LogP) is 1.82. The molecule has 1 aromatic carbocycles. The number of anilines is 1. The van der Waals surface area contributed by atoms with Crippen LogP contribution in [0.3, 0.4) is 0 Å². The lowest BCUT2D eigenvalue weighted by molar-refractivity contribution is 0.386. The van der Waals surface area contributed by atoms with E-state index in [1.807, 2.05) is 0 Å². The first kappa shape index (κ1) is 10.5. The zero-order valence-corrected chi connectivity index (χ0v) is 9.07. The van der Waals surface area contributed by atoms with Gasteiger partial charge in [-0.3, -0.25) is 4.68 Å². The van der Waals surface area contributed by atoms with E-state index in [1.165, 1.54) is 13.2 Å². The van der Waals surface area contributed by atoms with Crippen LogP contribution >= 0.6 is 0 Å². The van der Waals surface area contributed by atoms with Gasteiger partial charge in [-0.05, 0) is 17.7 Å². The molecule has 0 atom stereocenters. The van der Waals surface area contributed by atoms with Crippen LogP contribution in [0.4, 0.5) is 10.2 Å². The molecule has 0 radical (unpaired) electrons. The van der Waals surface area contributed by atoms with E-state index in [2.05, 4.69) is 5.10 Å². The Morgan fingerprint density at radius 1 is 1.44 bits per heavy atom. The molecule has 0 saturated carbocycles. The Morgan fingerprint density at radius 2 is 2.19 bits per heavy atom. The number of hydrogen-bond donors (Lipinski definition) is 1. The summed E-state index contributed by atoms with van der Waals surface area (Å²) >= 11 is 0. The van der Waals surface area contributed by atoms with Gasteiger partial charge in [-0.15, -0.1) is 0 Å². The molecule has 1 heterocycles. The quantitative estimate of drug-likeness (QED) is 0.841. The summed E-state index contributed by atoms with van der Waals surface area (Å²) in [5, 5.41) is 4.00. The molecule has 5 heteroatoms. The number of nitrogen functional groups attached to an aromatic ring is 1. The first-order valence-electron chi connectivity index (χ1n) is 4.75. The highest BCUT2D eigenvalue weighted by atomic mass is 19.1. The lowest BCUT2D eigenvalue weighted by Crippen LogP contribution is -1.91. The van der Waals surface area contributed by atoms with E-state index in [4.69, 9.17) is 10.5 Å². The topological polar surface area (TPSA) is 53.1 Å². The lowest BCUT2D eigenvalue weighted by atomic mass is 10.1. The molecular formula is C11H12FN3O. The minimum Gasteiger partial charge on any atom is -0.494 e. The maximum absolute atomic E-state index is 13.5. The highest BCUT2D eigenvalue weighted by Crippen LogP contribution is 2.28. The monoisotopic (exact) mass is 221 g/mol. The van der Waals surface area contributed by atoms with E-state index < -0.39 is 5.82 Å². The predicted molar refractivity (Wildman–Crippen MR) is 59.6 cm³/mol. The van der Waals surface area contributed by atoms with Gasteiger partial charge in [0.05, 0.1) is 7.11 Å². The molecule has 0 aliphatic carbocycles. The minimum atomic E-state index is -0.414. The highest BCUT2D eigenvalue weighted by molar-refractivity contribution is 5.73. The molecule has 0 spiro atoms.